The smallest absolute Gasteiger partial charge is 0.273 e. The fourth-order valence-electron chi connectivity index (χ4n) is 2.18. The summed E-state index contributed by atoms with van der Waals surface area (Å²) < 4.78 is 27.4. The number of carbonyl (C=O) groups excluding carboxylic acids is 1. The van der Waals surface area contributed by atoms with Gasteiger partial charge in [0.05, 0.1) is 11.3 Å². The molecule has 8 heteroatoms. The fraction of sp³-hybridized carbons (Fsp3) is 0.294. The summed E-state index contributed by atoms with van der Waals surface area (Å²) in [5.41, 5.74) is 3.80. The Morgan fingerprint density at radius 1 is 1.20 bits per heavy atom. The molecule has 0 radical (unpaired) electrons. The van der Waals surface area contributed by atoms with Gasteiger partial charge in [-0.3, -0.25) is 9.52 Å². The first kappa shape index (κ1) is 19.1. The topological polar surface area (TPSA) is 87.6 Å². The van der Waals surface area contributed by atoms with Gasteiger partial charge in [0.15, 0.2) is 0 Å². The first-order valence-electron chi connectivity index (χ1n) is 7.87. The van der Waals surface area contributed by atoms with Crippen LogP contribution in [-0.4, -0.2) is 20.0 Å². The maximum Gasteiger partial charge on any atom is 0.273 e. The van der Waals surface area contributed by atoms with E-state index in [4.69, 9.17) is 0 Å². The predicted octanol–water partition coefficient (Wildman–Crippen LogP) is 3.70. The second kappa shape index (κ2) is 8.26. The number of hydrogen-bond donors (Lipinski definition) is 2. The highest BCUT2D eigenvalue weighted by molar-refractivity contribution is 7.94. The molecule has 1 amide bonds. The van der Waals surface area contributed by atoms with Crippen LogP contribution in [-0.2, 0) is 10.0 Å². The highest BCUT2D eigenvalue weighted by Gasteiger charge is 2.19. The molecule has 0 aliphatic rings. The van der Waals surface area contributed by atoms with E-state index in [-0.39, 0.29) is 21.4 Å². The Kier molecular flexibility index (Phi) is 6.33. The molecule has 0 aliphatic heterocycles. The summed E-state index contributed by atoms with van der Waals surface area (Å²) in [5.74, 6) is -0.242. The third-order valence-electron chi connectivity index (χ3n) is 3.51. The maximum atomic E-state index is 12.4. The molecule has 134 valence electrons. The number of thiophene rings is 1. The van der Waals surface area contributed by atoms with Crippen molar-refractivity contribution in [2.75, 3.05) is 4.72 Å². The molecule has 0 saturated heterocycles. The molecule has 0 bridgehead atoms. The van der Waals surface area contributed by atoms with Crippen molar-refractivity contribution in [3.05, 3.63) is 47.3 Å². The molecule has 0 aliphatic carbocycles. The number of anilines is 1. The minimum Gasteiger partial charge on any atom is -0.278 e. The molecule has 0 saturated carbocycles. The number of sulfonamides is 1. The Morgan fingerprint density at radius 2 is 1.92 bits per heavy atom. The van der Waals surface area contributed by atoms with E-state index in [0.29, 0.717) is 0 Å². The standard InChI is InChI=1S/C17H21N3O3S2/c1-4-14(12(2)3)18-19-17(21)13-8-5-6-9-15(13)20-25(22,23)16-10-7-11-24-16/h5-12,20H,4H2,1-3H3,(H,19,21)/b18-14-. The molecule has 2 N–H and O–H groups in total. The van der Waals surface area contributed by atoms with Crippen molar-refractivity contribution in [3.63, 3.8) is 0 Å². The molecule has 0 atom stereocenters. The van der Waals surface area contributed by atoms with Crippen LogP contribution in [0.3, 0.4) is 0 Å². The van der Waals surface area contributed by atoms with Crippen LogP contribution in [0.25, 0.3) is 0 Å². The molecule has 1 aromatic carbocycles. The van der Waals surface area contributed by atoms with Crippen LogP contribution >= 0.6 is 11.3 Å². The summed E-state index contributed by atoms with van der Waals surface area (Å²) in [6.45, 7) is 5.96. The molecule has 2 aromatic rings. The van der Waals surface area contributed by atoms with Crippen LogP contribution < -0.4 is 10.1 Å². The lowest BCUT2D eigenvalue weighted by Gasteiger charge is -2.12. The lowest BCUT2D eigenvalue weighted by molar-refractivity contribution is 0.0955. The highest BCUT2D eigenvalue weighted by atomic mass is 32.2. The van der Waals surface area contributed by atoms with E-state index in [2.05, 4.69) is 15.2 Å². The van der Waals surface area contributed by atoms with Gasteiger partial charge in [-0.25, -0.2) is 13.8 Å². The van der Waals surface area contributed by atoms with Crippen LogP contribution in [0.1, 0.15) is 37.6 Å². The van der Waals surface area contributed by atoms with E-state index in [1.807, 2.05) is 20.8 Å². The second-order valence-corrected chi connectivity index (χ2v) is 8.49. The molecular formula is C17H21N3O3S2. The minimum absolute atomic E-state index is 0.189. The van der Waals surface area contributed by atoms with Gasteiger partial charge in [-0.05, 0) is 35.9 Å². The van der Waals surface area contributed by atoms with Gasteiger partial charge < -0.3 is 0 Å². The summed E-state index contributed by atoms with van der Waals surface area (Å²) in [7, 11) is -3.72. The molecule has 0 fully saturated rings. The average molecular weight is 380 g/mol. The van der Waals surface area contributed by atoms with Crippen molar-refractivity contribution in [2.45, 2.75) is 31.4 Å². The zero-order valence-corrected chi connectivity index (χ0v) is 15.9. The normalized spacial score (nSPS) is 12.2. The second-order valence-electron chi connectivity index (χ2n) is 5.64. The Morgan fingerprint density at radius 3 is 2.52 bits per heavy atom. The van der Waals surface area contributed by atoms with Crippen LogP contribution in [0, 0.1) is 5.92 Å². The molecule has 0 spiro atoms. The summed E-state index contributed by atoms with van der Waals surface area (Å²) in [5, 5.41) is 5.83. The van der Waals surface area contributed by atoms with E-state index >= 15 is 0 Å². The number of nitrogens with zero attached hydrogens (tertiary/aromatic N) is 1. The van der Waals surface area contributed by atoms with Crippen molar-refractivity contribution < 1.29 is 13.2 Å². The van der Waals surface area contributed by atoms with Crippen molar-refractivity contribution in [1.29, 1.82) is 0 Å². The zero-order chi connectivity index (χ0) is 18.4. The number of rotatable bonds is 7. The van der Waals surface area contributed by atoms with Crippen molar-refractivity contribution in [1.82, 2.24) is 5.43 Å². The summed E-state index contributed by atoms with van der Waals surface area (Å²) in [6, 6.07) is 9.61. The Balaban J connectivity index is 2.25. The SMILES string of the molecule is CC/C(=N/NC(=O)c1ccccc1NS(=O)(=O)c1cccs1)C(C)C. The van der Waals surface area contributed by atoms with E-state index in [1.54, 1.807) is 35.7 Å². The van der Waals surface area contributed by atoms with E-state index in [9.17, 15) is 13.2 Å². The van der Waals surface area contributed by atoms with Gasteiger partial charge in [0.1, 0.15) is 4.21 Å². The largest absolute Gasteiger partial charge is 0.278 e. The maximum absolute atomic E-state index is 12.4. The van der Waals surface area contributed by atoms with E-state index < -0.39 is 15.9 Å². The van der Waals surface area contributed by atoms with Crippen molar-refractivity contribution in [3.8, 4) is 0 Å². The zero-order valence-electron chi connectivity index (χ0n) is 14.3. The lowest BCUT2D eigenvalue weighted by atomic mass is 10.1. The van der Waals surface area contributed by atoms with E-state index in [0.717, 1.165) is 23.5 Å². The Bertz CT molecular complexity index is 857. The number of carbonyl (C=O) groups is 1. The molecule has 0 unspecified atom stereocenters. The number of amides is 1. The van der Waals surface area contributed by atoms with Crippen LogP contribution in [0.2, 0.25) is 0 Å². The van der Waals surface area contributed by atoms with Gasteiger partial charge in [-0.2, -0.15) is 5.10 Å². The molecule has 1 heterocycles. The monoisotopic (exact) mass is 379 g/mol. The van der Waals surface area contributed by atoms with Gasteiger partial charge in [0.2, 0.25) is 0 Å². The highest BCUT2D eigenvalue weighted by Crippen LogP contribution is 2.22. The number of para-hydroxylation sites is 1. The van der Waals surface area contributed by atoms with Crippen LogP contribution in [0.4, 0.5) is 5.69 Å². The molecule has 2 rings (SSSR count). The Hall–Kier alpha value is -2.19. The van der Waals surface area contributed by atoms with Gasteiger partial charge in [-0.15, -0.1) is 11.3 Å². The summed E-state index contributed by atoms with van der Waals surface area (Å²) in [4.78, 5) is 12.4. The van der Waals surface area contributed by atoms with Gasteiger partial charge in [0, 0.05) is 5.71 Å². The van der Waals surface area contributed by atoms with Crippen LogP contribution in [0.5, 0.6) is 0 Å². The van der Waals surface area contributed by atoms with Gasteiger partial charge in [-0.1, -0.05) is 39.0 Å². The predicted molar refractivity (Wildman–Crippen MR) is 102 cm³/mol. The van der Waals surface area contributed by atoms with Crippen LogP contribution in [0.15, 0.2) is 51.1 Å². The summed E-state index contributed by atoms with van der Waals surface area (Å²) >= 11 is 1.11. The van der Waals surface area contributed by atoms with Crippen molar-refractivity contribution in [2.24, 2.45) is 11.0 Å². The average Bonchev–Trinajstić information content (AvgIpc) is 3.10. The number of hydrazone groups is 1. The number of hydrogen-bond acceptors (Lipinski definition) is 5. The molecule has 1 aromatic heterocycles. The van der Waals surface area contributed by atoms with E-state index in [1.165, 1.54) is 6.07 Å². The quantitative estimate of drug-likeness (QED) is 0.568. The van der Waals surface area contributed by atoms with Gasteiger partial charge in [0.25, 0.3) is 15.9 Å². The first-order valence-corrected chi connectivity index (χ1v) is 10.2. The van der Waals surface area contributed by atoms with Gasteiger partial charge >= 0.3 is 0 Å². The van der Waals surface area contributed by atoms with Crippen molar-refractivity contribution >= 4 is 38.7 Å². The number of nitrogens with one attached hydrogen (secondary N) is 2. The molecular weight excluding hydrogens is 358 g/mol. The minimum atomic E-state index is -3.72. The third kappa shape index (κ3) is 4.90. The number of benzene rings is 1. The lowest BCUT2D eigenvalue weighted by Crippen LogP contribution is -2.23. The fourth-order valence-corrected chi connectivity index (χ4v) is 4.25. The Labute approximate surface area is 152 Å². The summed E-state index contributed by atoms with van der Waals surface area (Å²) in [6.07, 6.45) is 0.727. The molecule has 6 nitrogen and oxygen atoms in total. The third-order valence-corrected chi connectivity index (χ3v) is 6.27. The molecule has 25 heavy (non-hydrogen) atoms. The first-order chi connectivity index (χ1) is 11.8.